The summed E-state index contributed by atoms with van der Waals surface area (Å²) in [6, 6.07) is 11.7. The molecule has 0 saturated carbocycles. The Bertz CT molecular complexity index is 775. The first-order valence-corrected chi connectivity index (χ1v) is 6.79. The van der Waals surface area contributed by atoms with Crippen molar-refractivity contribution in [3.8, 4) is 11.1 Å². The molecule has 2 heterocycles. The molecule has 0 fully saturated rings. The Kier molecular flexibility index (Phi) is 4.31. The van der Waals surface area contributed by atoms with E-state index in [1.54, 1.807) is 12.4 Å². The minimum atomic E-state index is -0.0594. The maximum absolute atomic E-state index is 11.8. The van der Waals surface area contributed by atoms with E-state index in [2.05, 4.69) is 9.97 Å². The van der Waals surface area contributed by atoms with E-state index in [1.807, 2.05) is 57.2 Å². The van der Waals surface area contributed by atoms with Crippen molar-refractivity contribution in [2.24, 2.45) is 0 Å². The highest BCUT2D eigenvalue weighted by molar-refractivity contribution is 5.86. The Hall–Kier alpha value is -2.42. The summed E-state index contributed by atoms with van der Waals surface area (Å²) >= 11 is 0. The number of aromatic nitrogens is 2. The fraction of sp³-hybridized carbons (Fsp3) is 0.176. The molecule has 0 aliphatic rings. The maximum atomic E-state index is 11.8. The Balaban J connectivity index is 0.000000704. The Labute approximate surface area is 118 Å². The van der Waals surface area contributed by atoms with Crippen molar-refractivity contribution in [2.45, 2.75) is 20.8 Å². The molecular formula is C17H18N2O. The Morgan fingerprint density at radius 3 is 2.65 bits per heavy atom. The summed E-state index contributed by atoms with van der Waals surface area (Å²) in [7, 11) is 0. The van der Waals surface area contributed by atoms with Gasteiger partial charge in [0.25, 0.3) is 5.56 Å². The van der Waals surface area contributed by atoms with Crippen molar-refractivity contribution in [2.75, 3.05) is 0 Å². The van der Waals surface area contributed by atoms with Gasteiger partial charge in [-0.05, 0) is 36.1 Å². The van der Waals surface area contributed by atoms with Gasteiger partial charge in [-0.25, -0.2) is 0 Å². The monoisotopic (exact) mass is 266 g/mol. The van der Waals surface area contributed by atoms with E-state index in [1.165, 1.54) is 0 Å². The highest BCUT2D eigenvalue weighted by Crippen LogP contribution is 2.24. The summed E-state index contributed by atoms with van der Waals surface area (Å²) < 4.78 is 0. The molecule has 0 radical (unpaired) electrons. The summed E-state index contributed by atoms with van der Waals surface area (Å²) in [6.45, 7) is 5.97. The predicted octanol–water partition coefficient (Wildman–Crippen LogP) is 3.92. The lowest BCUT2D eigenvalue weighted by Gasteiger charge is -2.05. The molecule has 0 amide bonds. The zero-order chi connectivity index (χ0) is 14.5. The molecule has 0 atom stereocenters. The van der Waals surface area contributed by atoms with E-state index in [0.29, 0.717) is 5.39 Å². The molecule has 1 N–H and O–H groups in total. The first kappa shape index (κ1) is 14.0. The van der Waals surface area contributed by atoms with Gasteiger partial charge < -0.3 is 4.98 Å². The molecule has 2 aromatic heterocycles. The number of rotatable bonds is 1. The summed E-state index contributed by atoms with van der Waals surface area (Å²) in [5, 5.41) is 1.65. The molecule has 0 spiro atoms. The number of nitrogens with zero attached hydrogens (tertiary/aromatic N) is 1. The van der Waals surface area contributed by atoms with Gasteiger partial charge in [-0.15, -0.1) is 0 Å². The van der Waals surface area contributed by atoms with Crippen LogP contribution in [0.25, 0.3) is 21.9 Å². The highest BCUT2D eigenvalue weighted by atomic mass is 16.1. The largest absolute Gasteiger partial charge is 0.329 e. The van der Waals surface area contributed by atoms with Gasteiger partial charge in [0.2, 0.25) is 0 Å². The number of hydrogen-bond acceptors (Lipinski definition) is 2. The van der Waals surface area contributed by atoms with Crippen molar-refractivity contribution in [1.29, 1.82) is 0 Å². The van der Waals surface area contributed by atoms with Crippen LogP contribution in [-0.4, -0.2) is 9.97 Å². The number of fused-ring (bicyclic) bond motifs is 1. The molecule has 0 bridgehead atoms. The van der Waals surface area contributed by atoms with Crippen LogP contribution in [0.2, 0.25) is 0 Å². The summed E-state index contributed by atoms with van der Waals surface area (Å²) in [5.74, 6) is 0. The molecule has 0 saturated heterocycles. The molecular weight excluding hydrogens is 248 g/mol. The van der Waals surface area contributed by atoms with Gasteiger partial charge in [-0.3, -0.25) is 9.78 Å². The van der Waals surface area contributed by atoms with Crippen molar-refractivity contribution < 1.29 is 0 Å². The lowest BCUT2D eigenvalue weighted by molar-refractivity contribution is 1.20. The first-order valence-electron chi connectivity index (χ1n) is 6.79. The maximum Gasteiger partial charge on any atom is 0.255 e. The third-order valence-corrected chi connectivity index (χ3v) is 3.09. The van der Waals surface area contributed by atoms with Crippen molar-refractivity contribution in [1.82, 2.24) is 9.97 Å². The van der Waals surface area contributed by atoms with Crippen LogP contribution in [0, 0.1) is 6.92 Å². The minimum absolute atomic E-state index is 0.0594. The normalized spacial score (nSPS) is 9.95. The quantitative estimate of drug-likeness (QED) is 0.725. The zero-order valence-corrected chi connectivity index (χ0v) is 12.0. The van der Waals surface area contributed by atoms with E-state index in [0.717, 1.165) is 22.2 Å². The molecule has 0 aliphatic carbocycles. The SMILES string of the molecule is CC.Cc1ncccc1-c1ccc2cc[nH]c(=O)c2c1. The fourth-order valence-corrected chi connectivity index (χ4v) is 2.14. The van der Waals surface area contributed by atoms with E-state index < -0.39 is 0 Å². The second kappa shape index (κ2) is 6.15. The Morgan fingerprint density at radius 1 is 1.10 bits per heavy atom. The van der Waals surface area contributed by atoms with E-state index in [-0.39, 0.29) is 5.56 Å². The van der Waals surface area contributed by atoms with Crippen LogP contribution in [0.1, 0.15) is 19.5 Å². The number of benzene rings is 1. The lowest BCUT2D eigenvalue weighted by Crippen LogP contribution is -2.04. The molecule has 3 heteroatoms. The summed E-state index contributed by atoms with van der Waals surface area (Å²) in [4.78, 5) is 18.7. The number of nitrogens with one attached hydrogen (secondary N) is 1. The molecule has 3 aromatic rings. The molecule has 20 heavy (non-hydrogen) atoms. The van der Waals surface area contributed by atoms with E-state index >= 15 is 0 Å². The van der Waals surface area contributed by atoms with E-state index in [9.17, 15) is 4.79 Å². The summed E-state index contributed by atoms with van der Waals surface area (Å²) in [6.07, 6.45) is 3.44. The van der Waals surface area contributed by atoms with Crippen molar-refractivity contribution >= 4 is 10.8 Å². The molecule has 0 unspecified atom stereocenters. The molecule has 1 aromatic carbocycles. The lowest BCUT2D eigenvalue weighted by atomic mass is 10.0. The van der Waals surface area contributed by atoms with Crippen LogP contribution in [0.3, 0.4) is 0 Å². The smallest absolute Gasteiger partial charge is 0.255 e. The van der Waals surface area contributed by atoms with Crippen LogP contribution < -0.4 is 5.56 Å². The van der Waals surface area contributed by atoms with Gasteiger partial charge in [-0.1, -0.05) is 32.0 Å². The number of hydrogen-bond donors (Lipinski definition) is 1. The van der Waals surface area contributed by atoms with Crippen LogP contribution in [0.4, 0.5) is 0 Å². The van der Waals surface area contributed by atoms with Crippen LogP contribution in [-0.2, 0) is 0 Å². The highest BCUT2D eigenvalue weighted by Gasteiger charge is 2.04. The molecule has 102 valence electrons. The van der Waals surface area contributed by atoms with Crippen LogP contribution >= 0.6 is 0 Å². The minimum Gasteiger partial charge on any atom is -0.329 e. The average molecular weight is 266 g/mol. The second-order valence-electron chi connectivity index (χ2n) is 4.25. The zero-order valence-electron chi connectivity index (χ0n) is 12.0. The predicted molar refractivity (Wildman–Crippen MR) is 83.9 cm³/mol. The van der Waals surface area contributed by atoms with Gasteiger partial charge >= 0.3 is 0 Å². The molecule has 0 aliphatic heterocycles. The first-order chi connectivity index (χ1) is 9.75. The van der Waals surface area contributed by atoms with Crippen molar-refractivity contribution in [3.05, 3.63) is 64.8 Å². The topological polar surface area (TPSA) is 45.8 Å². The molecule has 3 nitrogen and oxygen atoms in total. The number of H-pyrrole nitrogens is 1. The van der Waals surface area contributed by atoms with Gasteiger partial charge in [0, 0.05) is 29.0 Å². The van der Waals surface area contributed by atoms with Gasteiger partial charge in [-0.2, -0.15) is 0 Å². The van der Waals surface area contributed by atoms with Gasteiger partial charge in [0.05, 0.1) is 0 Å². The fourth-order valence-electron chi connectivity index (χ4n) is 2.14. The molecule has 3 rings (SSSR count). The van der Waals surface area contributed by atoms with Gasteiger partial charge in [0.1, 0.15) is 0 Å². The van der Waals surface area contributed by atoms with Crippen molar-refractivity contribution in [3.63, 3.8) is 0 Å². The third kappa shape index (κ3) is 2.62. The third-order valence-electron chi connectivity index (χ3n) is 3.09. The number of pyridine rings is 2. The van der Waals surface area contributed by atoms with E-state index in [4.69, 9.17) is 0 Å². The average Bonchev–Trinajstić information content (AvgIpc) is 2.50. The number of aromatic amines is 1. The summed E-state index contributed by atoms with van der Waals surface area (Å²) in [5.41, 5.74) is 2.98. The standard InChI is InChI=1S/C15H12N2O.C2H6/c1-10-13(3-2-7-16-10)12-5-4-11-6-8-17-15(18)14(11)9-12;1-2/h2-9H,1H3,(H,17,18);1-2H3. The van der Waals surface area contributed by atoms with Crippen LogP contribution in [0.5, 0.6) is 0 Å². The number of aryl methyl sites for hydroxylation is 1. The second-order valence-corrected chi connectivity index (χ2v) is 4.25. The van der Waals surface area contributed by atoms with Crippen LogP contribution in [0.15, 0.2) is 53.6 Å². The van der Waals surface area contributed by atoms with Gasteiger partial charge in [0.15, 0.2) is 0 Å². The Morgan fingerprint density at radius 2 is 1.90 bits per heavy atom.